The third-order valence-electron chi connectivity index (χ3n) is 6.18. The maximum absolute atomic E-state index is 5.90. The van der Waals surface area contributed by atoms with Crippen molar-refractivity contribution in [1.82, 2.24) is 0 Å². The molecule has 2 nitrogen and oxygen atoms in total. The summed E-state index contributed by atoms with van der Waals surface area (Å²) >= 11 is 0. The van der Waals surface area contributed by atoms with Gasteiger partial charge in [-0.25, -0.2) is 0 Å². The molecule has 178 valence electrons. The molecule has 36 heavy (non-hydrogen) atoms. The molecule has 0 saturated carbocycles. The van der Waals surface area contributed by atoms with Gasteiger partial charge in [-0.2, -0.15) is 0 Å². The Balaban J connectivity index is 1.10. The lowest BCUT2D eigenvalue weighted by Crippen LogP contribution is -1.96. The maximum Gasteiger partial charge on any atom is 0.119 e. The fourth-order valence-electron chi connectivity index (χ4n) is 4.14. The Bertz CT molecular complexity index is 1220. The van der Waals surface area contributed by atoms with E-state index in [2.05, 4.69) is 97.1 Å². The van der Waals surface area contributed by atoms with E-state index in [-0.39, 0.29) is 0 Å². The molecule has 5 aromatic carbocycles. The van der Waals surface area contributed by atoms with Crippen LogP contribution in [0, 0.1) is 0 Å². The van der Waals surface area contributed by atoms with Gasteiger partial charge in [-0.05, 0) is 70.5 Å². The molecule has 0 aromatic heterocycles. The van der Waals surface area contributed by atoms with Crippen LogP contribution in [0.25, 0.3) is 0 Å². The van der Waals surface area contributed by atoms with Crippen LogP contribution in [0.15, 0.2) is 133 Å². The number of ether oxygens (including phenoxy) is 2. The molecule has 2 heteroatoms. The summed E-state index contributed by atoms with van der Waals surface area (Å²) in [6.45, 7) is 1.18. The summed E-state index contributed by atoms with van der Waals surface area (Å²) in [5.74, 6) is 1.80. The highest BCUT2D eigenvalue weighted by atomic mass is 16.5. The molecule has 0 aliphatic carbocycles. The summed E-state index contributed by atoms with van der Waals surface area (Å²) in [4.78, 5) is 0. The van der Waals surface area contributed by atoms with Gasteiger partial charge in [-0.15, -0.1) is 0 Å². The monoisotopic (exact) mass is 470 g/mol. The molecule has 0 radical (unpaired) electrons. The lowest BCUT2D eigenvalue weighted by molar-refractivity contribution is 0.306. The van der Waals surface area contributed by atoms with Crippen LogP contribution < -0.4 is 9.47 Å². The van der Waals surface area contributed by atoms with Crippen molar-refractivity contribution in [2.24, 2.45) is 0 Å². The molecule has 0 bridgehead atoms. The van der Waals surface area contributed by atoms with E-state index in [1.165, 1.54) is 33.4 Å². The Morgan fingerprint density at radius 2 is 0.611 bits per heavy atom. The SMILES string of the molecule is c1ccc(COc2ccc(Cc3ccc(Cc4ccc(OCc5ccccc5)cc4)cc3)cc2)cc1. The van der Waals surface area contributed by atoms with Gasteiger partial charge in [0.1, 0.15) is 24.7 Å². The third kappa shape index (κ3) is 6.86. The summed E-state index contributed by atoms with van der Waals surface area (Å²) in [5.41, 5.74) is 7.52. The summed E-state index contributed by atoms with van der Waals surface area (Å²) < 4.78 is 11.8. The Labute approximate surface area is 213 Å². The lowest BCUT2D eigenvalue weighted by atomic mass is 10.0. The first-order valence-electron chi connectivity index (χ1n) is 12.4. The second-order valence-electron chi connectivity index (χ2n) is 9.01. The standard InChI is InChI=1S/C34H30O2/c1-3-7-31(8-4-1)25-35-33-19-15-29(16-20-33)23-27-11-13-28(14-12-27)24-30-17-21-34(22-18-30)36-26-32-9-5-2-6-10-32/h1-22H,23-26H2. The van der Waals surface area contributed by atoms with Crippen molar-refractivity contribution < 1.29 is 9.47 Å². The minimum atomic E-state index is 0.588. The van der Waals surface area contributed by atoms with Crippen LogP contribution in [0.3, 0.4) is 0 Å². The molecule has 0 unspecified atom stereocenters. The van der Waals surface area contributed by atoms with Gasteiger partial charge in [0.15, 0.2) is 0 Å². The highest BCUT2D eigenvalue weighted by Gasteiger charge is 2.02. The van der Waals surface area contributed by atoms with Crippen molar-refractivity contribution >= 4 is 0 Å². The number of hydrogen-bond donors (Lipinski definition) is 0. The van der Waals surface area contributed by atoms with Crippen molar-refractivity contribution in [3.8, 4) is 11.5 Å². The predicted octanol–water partition coefficient (Wildman–Crippen LogP) is 8.03. The van der Waals surface area contributed by atoms with Crippen molar-refractivity contribution in [3.05, 3.63) is 167 Å². The molecule has 0 amide bonds. The Morgan fingerprint density at radius 1 is 0.306 bits per heavy atom. The number of rotatable bonds is 10. The third-order valence-corrected chi connectivity index (χ3v) is 6.18. The molecule has 0 spiro atoms. The molecule has 5 aromatic rings. The Hall–Kier alpha value is -4.30. The van der Waals surface area contributed by atoms with E-state index in [1.54, 1.807) is 0 Å². The molecular weight excluding hydrogens is 440 g/mol. The summed E-state index contributed by atoms with van der Waals surface area (Å²) in [5, 5.41) is 0. The number of benzene rings is 5. The summed E-state index contributed by atoms with van der Waals surface area (Å²) in [6, 6.07) is 46.2. The molecule has 5 rings (SSSR count). The largest absolute Gasteiger partial charge is 0.489 e. The molecule has 0 aliphatic heterocycles. The van der Waals surface area contributed by atoms with E-state index in [0.717, 1.165) is 24.3 Å². The molecule has 0 N–H and O–H groups in total. The molecule has 0 fully saturated rings. The Morgan fingerprint density at radius 3 is 0.944 bits per heavy atom. The molecule has 0 heterocycles. The minimum absolute atomic E-state index is 0.588. The fourth-order valence-corrected chi connectivity index (χ4v) is 4.14. The lowest BCUT2D eigenvalue weighted by Gasteiger charge is -2.09. The topological polar surface area (TPSA) is 18.5 Å². The maximum atomic E-state index is 5.90. The van der Waals surface area contributed by atoms with E-state index in [4.69, 9.17) is 9.47 Å². The quantitative estimate of drug-likeness (QED) is 0.206. The molecule has 0 saturated heterocycles. The van der Waals surface area contributed by atoms with Crippen LogP contribution in [-0.2, 0) is 26.1 Å². The van der Waals surface area contributed by atoms with Crippen LogP contribution in [0.4, 0.5) is 0 Å². The highest BCUT2D eigenvalue weighted by molar-refractivity contribution is 5.35. The van der Waals surface area contributed by atoms with Gasteiger partial charge in [0.2, 0.25) is 0 Å². The van der Waals surface area contributed by atoms with Crippen LogP contribution in [0.1, 0.15) is 33.4 Å². The summed E-state index contributed by atoms with van der Waals surface area (Å²) in [7, 11) is 0. The minimum Gasteiger partial charge on any atom is -0.489 e. The van der Waals surface area contributed by atoms with Crippen molar-refractivity contribution in [2.45, 2.75) is 26.1 Å². The van der Waals surface area contributed by atoms with Gasteiger partial charge in [0, 0.05) is 0 Å². The molecule has 0 atom stereocenters. The second-order valence-corrected chi connectivity index (χ2v) is 9.01. The van der Waals surface area contributed by atoms with Gasteiger partial charge in [-0.1, -0.05) is 109 Å². The van der Waals surface area contributed by atoms with Gasteiger partial charge in [0.05, 0.1) is 0 Å². The first-order valence-corrected chi connectivity index (χ1v) is 12.4. The van der Waals surface area contributed by atoms with Gasteiger partial charge in [0.25, 0.3) is 0 Å². The van der Waals surface area contributed by atoms with E-state index in [1.807, 2.05) is 36.4 Å². The first-order chi connectivity index (χ1) is 17.8. The van der Waals surface area contributed by atoms with Crippen molar-refractivity contribution in [3.63, 3.8) is 0 Å². The average molecular weight is 471 g/mol. The first kappa shape index (κ1) is 23.4. The van der Waals surface area contributed by atoms with Crippen molar-refractivity contribution in [1.29, 1.82) is 0 Å². The van der Waals surface area contributed by atoms with Crippen LogP contribution in [0.2, 0.25) is 0 Å². The van der Waals surface area contributed by atoms with Gasteiger partial charge >= 0.3 is 0 Å². The van der Waals surface area contributed by atoms with E-state index >= 15 is 0 Å². The zero-order valence-corrected chi connectivity index (χ0v) is 20.3. The highest BCUT2D eigenvalue weighted by Crippen LogP contribution is 2.19. The number of hydrogen-bond acceptors (Lipinski definition) is 2. The predicted molar refractivity (Wildman–Crippen MR) is 146 cm³/mol. The van der Waals surface area contributed by atoms with Crippen molar-refractivity contribution in [2.75, 3.05) is 0 Å². The average Bonchev–Trinajstić information content (AvgIpc) is 2.94. The van der Waals surface area contributed by atoms with Crippen LogP contribution in [-0.4, -0.2) is 0 Å². The fraction of sp³-hybridized carbons (Fsp3) is 0.118. The zero-order chi connectivity index (χ0) is 24.4. The van der Waals surface area contributed by atoms with E-state index in [9.17, 15) is 0 Å². The van der Waals surface area contributed by atoms with Gasteiger partial charge < -0.3 is 9.47 Å². The van der Waals surface area contributed by atoms with Gasteiger partial charge in [-0.3, -0.25) is 0 Å². The smallest absolute Gasteiger partial charge is 0.119 e. The normalized spacial score (nSPS) is 10.7. The van der Waals surface area contributed by atoms with E-state index in [0.29, 0.717) is 13.2 Å². The van der Waals surface area contributed by atoms with Crippen LogP contribution in [0.5, 0.6) is 11.5 Å². The summed E-state index contributed by atoms with van der Waals surface area (Å²) in [6.07, 6.45) is 1.82. The molecule has 0 aliphatic rings. The van der Waals surface area contributed by atoms with Crippen LogP contribution >= 0.6 is 0 Å². The Kier molecular flexibility index (Phi) is 7.75. The second kappa shape index (κ2) is 11.9. The van der Waals surface area contributed by atoms with E-state index < -0.39 is 0 Å². The molecular formula is C34H30O2. The zero-order valence-electron chi connectivity index (χ0n) is 20.3.